The first-order valence-electron chi connectivity index (χ1n) is 8.34. The third kappa shape index (κ3) is 3.13. The molecular weight excluding hydrogens is 360 g/mol. The molecule has 4 rings (SSSR count). The van der Waals surface area contributed by atoms with Crippen molar-refractivity contribution in [2.24, 2.45) is 7.05 Å². The van der Waals surface area contributed by atoms with Gasteiger partial charge in [-0.2, -0.15) is 5.10 Å². The van der Waals surface area contributed by atoms with Crippen molar-refractivity contribution in [1.29, 1.82) is 0 Å². The molecule has 6 nitrogen and oxygen atoms in total. The van der Waals surface area contributed by atoms with Crippen LogP contribution >= 0.6 is 0 Å². The molecule has 0 unspecified atom stereocenters. The van der Waals surface area contributed by atoms with E-state index in [0.29, 0.717) is 5.69 Å². The summed E-state index contributed by atoms with van der Waals surface area (Å²) in [6, 6.07) is 17.6. The van der Waals surface area contributed by atoms with Gasteiger partial charge in [-0.15, -0.1) is 0 Å². The van der Waals surface area contributed by atoms with Crippen LogP contribution in [0.1, 0.15) is 0 Å². The molecule has 0 aliphatic heterocycles. The van der Waals surface area contributed by atoms with Gasteiger partial charge in [-0.05, 0) is 30.3 Å². The van der Waals surface area contributed by atoms with Gasteiger partial charge in [-0.1, -0.05) is 30.3 Å². The Morgan fingerprint density at radius 2 is 1.59 bits per heavy atom. The highest BCUT2D eigenvalue weighted by Gasteiger charge is 2.19. The molecule has 27 heavy (non-hydrogen) atoms. The van der Waals surface area contributed by atoms with Gasteiger partial charge in [-0.25, -0.2) is 12.4 Å². The molecule has 0 spiro atoms. The van der Waals surface area contributed by atoms with Crippen LogP contribution in [0.5, 0.6) is 0 Å². The quantitative estimate of drug-likeness (QED) is 0.552. The van der Waals surface area contributed by atoms with Crippen LogP contribution in [-0.2, 0) is 17.1 Å². The number of benzene rings is 2. The largest absolute Gasteiger partial charge is 0.399 e. The van der Waals surface area contributed by atoms with E-state index in [0.717, 1.165) is 22.4 Å². The maximum absolute atomic E-state index is 12.8. The summed E-state index contributed by atoms with van der Waals surface area (Å²) >= 11 is 0. The normalized spacial score (nSPS) is 11.6. The van der Waals surface area contributed by atoms with Crippen LogP contribution in [0, 0.1) is 0 Å². The maximum Gasteiger partial charge on any atom is 0.267 e. The first kappa shape index (κ1) is 17.1. The highest BCUT2D eigenvalue weighted by molar-refractivity contribution is 7.90. The fourth-order valence-electron chi connectivity index (χ4n) is 2.95. The van der Waals surface area contributed by atoms with Gasteiger partial charge in [0.1, 0.15) is 5.69 Å². The van der Waals surface area contributed by atoms with E-state index in [1.54, 1.807) is 53.5 Å². The zero-order valence-electron chi connectivity index (χ0n) is 14.6. The molecule has 2 aromatic carbocycles. The Hall–Kier alpha value is -3.32. The van der Waals surface area contributed by atoms with E-state index in [1.165, 1.54) is 3.97 Å². The molecule has 0 bridgehead atoms. The van der Waals surface area contributed by atoms with Crippen LogP contribution < -0.4 is 5.73 Å². The van der Waals surface area contributed by atoms with Crippen molar-refractivity contribution < 1.29 is 8.42 Å². The summed E-state index contributed by atoms with van der Waals surface area (Å²) in [7, 11) is -1.79. The molecule has 0 saturated heterocycles. The fraction of sp³-hybridized carbons (Fsp3) is 0.0500. The third-order valence-corrected chi connectivity index (χ3v) is 5.96. The minimum absolute atomic E-state index is 0.247. The molecule has 0 saturated carbocycles. The number of nitrogens with two attached hydrogens (primary N) is 1. The van der Waals surface area contributed by atoms with Gasteiger partial charge in [0.05, 0.1) is 4.90 Å². The van der Waals surface area contributed by atoms with E-state index in [2.05, 4.69) is 5.10 Å². The van der Waals surface area contributed by atoms with Crippen molar-refractivity contribution in [2.45, 2.75) is 4.90 Å². The first-order chi connectivity index (χ1) is 12.9. The fourth-order valence-corrected chi connectivity index (χ4v) is 4.17. The number of nitrogen functional groups attached to an aromatic ring is 1. The van der Waals surface area contributed by atoms with Gasteiger partial charge in [0, 0.05) is 48.0 Å². The summed E-state index contributed by atoms with van der Waals surface area (Å²) in [5, 5.41) is 4.53. The summed E-state index contributed by atoms with van der Waals surface area (Å²) in [5.74, 6) is 0. The molecule has 0 aliphatic rings. The monoisotopic (exact) mass is 378 g/mol. The van der Waals surface area contributed by atoms with Gasteiger partial charge in [-0.3, -0.25) is 4.68 Å². The number of hydrogen-bond acceptors (Lipinski definition) is 4. The van der Waals surface area contributed by atoms with Gasteiger partial charge in [0.25, 0.3) is 10.0 Å². The molecule has 0 amide bonds. The molecule has 0 aliphatic carbocycles. The van der Waals surface area contributed by atoms with Crippen LogP contribution in [0.2, 0.25) is 0 Å². The van der Waals surface area contributed by atoms with E-state index in [9.17, 15) is 8.42 Å². The SMILES string of the molecule is Cn1cc(-c2ccn(S(=O)(=O)c3ccccc3)c2)c(-c2ccc(N)cc2)n1. The number of hydrogen-bond donors (Lipinski definition) is 1. The lowest BCUT2D eigenvalue weighted by Crippen LogP contribution is -2.10. The molecule has 7 heteroatoms. The van der Waals surface area contributed by atoms with Crippen molar-refractivity contribution in [3.05, 3.63) is 79.3 Å². The van der Waals surface area contributed by atoms with Gasteiger partial charge >= 0.3 is 0 Å². The Bertz CT molecular complexity index is 1190. The predicted octanol–water partition coefficient (Wildman–Crippen LogP) is 3.37. The summed E-state index contributed by atoms with van der Waals surface area (Å²) in [6.07, 6.45) is 5.04. The zero-order valence-corrected chi connectivity index (χ0v) is 15.5. The van der Waals surface area contributed by atoms with Crippen LogP contribution in [0.15, 0.2) is 84.1 Å². The molecule has 0 atom stereocenters. The smallest absolute Gasteiger partial charge is 0.267 e. The molecule has 2 aromatic heterocycles. The van der Waals surface area contributed by atoms with Crippen LogP contribution in [0.4, 0.5) is 5.69 Å². The molecule has 4 aromatic rings. The summed E-state index contributed by atoms with van der Waals surface area (Å²) in [5.41, 5.74) is 9.76. The second-order valence-corrected chi connectivity index (χ2v) is 8.08. The van der Waals surface area contributed by atoms with Crippen LogP contribution in [-0.4, -0.2) is 22.2 Å². The number of nitrogens with zero attached hydrogens (tertiary/aromatic N) is 3. The Morgan fingerprint density at radius 3 is 2.30 bits per heavy atom. The van der Waals surface area contributed by atoms with E-state index >= 15 is 0 Å². The minimum Gasteiger partial charge on any atom is -0.399 e. The predicted molar refractivity (Wildman–Crippen MR) is 106 cm³/mol. The van der Waals surface area contributed by atoms with Crippen molar-refractivity contribution in [3.63, 3.8) is 0 Å². The second-order valence-electron chi connectivity index (χ2n) is 6.24. The van der Waals surface area contributed by atoms with Crippen molar-refractivity contribution >= 4 is 15.7 Å². The third-order valence-electron chi connectivity index (χ3n) is 4.31. The molecule has 2 N–H and O–H groups in total. The van der Waals surface area contributed by atoms with E-state index in [4.69, 9.17) is 5.73 Å². The number of aromatic nitrogens is 3. The van der Waals surface area contributed by atoms with E-state index in [-0.39, 0.29) is 4.90 Å². The average Bonchev–Trinajstić information content (AvgIpc) is 3.30. The summed E-state index contributed by atoms with van der Waals surface area (Å²) < 4.78 is 28.6. The number of aryl methyl sites for hydroxylation is 1. The van der Waals surface area contributed by atoms with Crippen molar-refractivity contribution in [2.75, 3.05) is 5.73 Å². The molecule has 0 fully saturated rings. The van der Waals surface area contributed by atoms with Crippen molar-refractivity contribution in [1.82, 2.24) is 13.8 Å². The summed E-state index contributed by atoms with van der Waals surface area (Å²) in [6.45, 7) is 0. The van der Waals surface area contributed by atoms with Crippen LogP contribution in [0.3, 0.4) is 0 Å². The standard InChI is InChI=1S/C20H18N4O2S/c1-23-14-19(20(22-23)15-7-9-17(21)10-8-15)16-11-12-24(13-16)27(25,26)18-5-3-2-4-6-18/h2-14H,21H2,1H3. The second kappa shape index (κ2) is 6.44. The summed E-state index contributed by atoms with van der Waals surface area (Å²) in [4.78, 5) is 0.247. The maximum atomic E-state index is 12.8. The lowest BCUT2D eigenvalue weighted by atomic mass is 10.0. The first-order valence-corrected chi connectivity index (χ1v) is 9.78. The number of anilines is 1. The highest BCUT2D eigenvalue weighted by Crippen LogP contribution is 2.32. The van der Waals surface area contributed by atoms with Gasteiger partial charge < -0.3 is 5.73 Å². The van der Waals surface area contributed by atoms with E-state index in [1.807, 2.05) is 37.5 Å². The van der Waals surface area contributed by atoms with E-state index < -0.39 is 10.0 Å². The zero-order chi connectivity index (χ0) is 19.0. The van der Waals surface area contributed by atoms with Crippen molar-refractivity contribution in [3.8, 4) is 22.4 Å². The molecule has 0 radical (unpaired) electrons. The number of rotatable bonds is 4. The Kier molecular flexibility index (Phi) is 4.08. The topological polar surface area (TPSA) is 82.9 Å². The average molecular weight is 378 g/mol. The Balaban J connectivity index is 1.78. The highest BCUT2D eigenvalue weighted by atomic mass is 32.2. The van der Waals surface area contributed by atoms with Gasteiger partial charge in [0.2, 0.25) is 0 Å². The lowest BCUT2D eigenvalue weighted by molar-refractivity contribution is 0.587. The Morgan fingerprint density at radius 1 is 0.889 bits per heavy atom. The lowest BCUT2D eigenvalue weighted by Gasteiger charge is -2.05. The van der Waals surface area contributed by atoms with Crippen LogP contribution in [0.25, 0.3) is 22.4 Å². The molecule has 2 heterocycles. The molecular formula is C20H18N4O2S. The minimum atomic E-state index is -3.63. The Labute approximate surface area is 157 Å². The van der Waals surface area contributed by atoms with Gasteiger partial charge in [0.15, 0.2) is 0 Å². The molecule has 136 valence electrons.